The number of methoxy groups -OCH3 is 1. The molecule has 32 heavy (non-hydrogen) atoms. The minimum absolute atomic E-state index is 0.111. The molecule has 0 fully saturated rings. The van der Waals surface area contributed by atoms with Crippen molar-refractivity contribution in [3.63, 3.8) is 0 Å². The van der Waals surface area contributed by atoms with Crippen LogP contribution >= 0.6 is 11.8 Å². The van der Waals surface area contributed by atoms with Crippen molar-refractivity contribution in [1.29, 1.82) is 0 Å². The van der Waals surface area contributed by atoms with Crippen LogP contribution in [0.3, 0.4) is 0 Å². The van der Waals surface area contributed by atoms with E-state index in [-0.39, 0.29) is 5.56 Å². The van der Waals surface area contributed by atoms with E-state index >= 15 is 0 Å². The molecule has 164 valence electrons. The average molecular weight is 448 g/mol. The Balaban J connectivity index is 1.78. The molecule has 0 bridgehead atoms. The Morgan fingerprint density at radius 1 is 1.03 bits per heavy atom. The molecule has 7 heteroatoms. The van der Waals surface area contributed by atoms with E-state index in [9.17, 15) is 4.79 Å². The van der Waals surface area contributed by atoms with Gasteiger partial charge in [0.2, 0.25) is 0 Å². The van der Waals surface area contributed by atoms with Gasteiger partial charge in [-0.3, -0.25) is 9.36 Å². The van der Waals surface area contributed by atoms with E-state index in [1.165, 1.54) is 11.8 Å². The Labute approximate surface area is 191 Å². The molecule has 6 nitrogen and oxygen atoms in total. The number of benzene rings is 2. The van der Waals surface area contributed by atoms with Crippen LogP contribution in [0.4, 0.5) is 0 Å². The highest BCUT2D eigenvalue weighted by atomic mass is 32.2. The van der Waals surface area contributed by atoms with E-state index in [4.69, 9.17) is 9.47 Å². The molecule has 2 aromatic carbocycles. The number of pyridine rings is 1. The van der Waals surface area contributed by atoms with Gasteiger partial charge in [-0.1, -0.05) is 54.2 Å². The van der Waals surface area contributed by atoms with Crippen LogP contribution in [0, 0.1) is 6.92 Å². The summed E-state index contributed by atoms with van der Waals surface area (Å²) in [6.45, 7) is 3.23. The first kappa shape index (κ1) is 22.0. The Bertz CT molecular complexity index is 1290. The van der Waals surface area contributed by atoms with Crippen LogP contribution in [0.1, 0.15) is 11.3 Å². The fourth-order valence-corrected chi connectivity index (χ4v) is 3.95. The lowest BCUT2D eigenvalue weighted by molar-refractivity contribution is 0.187. The number of thioether (sulfide) groups is 1. The summed E-state index contributed by atoms with van der Waals surface area (Å²) in [6, 6.07) is 19.5. The predicted molar refractivity (Wildman–Crippen MR) is 128 cm³/mol. The van der Waals surface area contributed by atoms with Crippen molar-refractivity contribution >= 4 is 22.8 Å². The molecular formula is C25H25N3O3S. The summed E-state index contributed by atoms with van der Waals surface area (Å²) in [5.74, 6) is 0.708. The molecule has 0 saturated carbocycles. The Kier molecular flexibility index (Phi) is 6.87. The lowest BCUT2D eigenvalue weighted by Crippen LogP contribution is -2.25. The highest BCUT2D eigenvalue weighted by Gasteiger charge is 2.16. The van der Waals surface area contributed by atoms with Crippen LogP contribution in [-0.2, 0) is 17.9 Å². The third-order valence-electron chi connectivity index (χ3n) is 5.21. The van der Waals surface area contributed by atoms with E-state index in [0.717, 1.165) is 22.2 Å². The highest BCUT2D eigenvalue weighted by Crippen LogP contribution is 2.26. The fourth-order valence-electron chi connectivity index (χ4n) is 3.55. The molecule has 0 aliphatic heterocycles. The van der Waals surface area contributed by atoms with Crippen LogP contribution in [0.2, 0.25) is 0 Å². The van der Waals surface area contributed by atoms with Gasteiger partial charge >= 0.3 is 0 Å². The molecule has 0 amide bonds. The molecule has 0 atom stereocenters. The highest BCUT2D eigenvalue weighted by molar-refractivity contribution is 7.98. The molecule has 2 heterocycles. The molecule has 4 aromatic rings. The van der Waals surface area contributed by atoms with Crippen molar-refractivity contribution in [2.24, 2.45) is 0 Å². The van der Waals surface area contributed by atoms with Crippen LogP contribution < -0.4 is 10.3 Å². The summed E-state index contributed by atoms with van der Waals surface area (Å²) < 4.78 is 12.9. The Morgan fingerprint density at radius 2 is 1.84 bits per heavy atom. The van der Waals surface area contributed by atoms with Gasteiger partial charge in [0, 0.05) is 18.1 Å². The number of aromatic nitrogens is 3. The number of fused-ring (bicyclic) bond motifs is 1. The molecule has 0 spiro atoms. The van der Waals surface area contributed by atoms with Crippen LogP contribution in [0.15, 0.2) is 70.6 Å². The van der Waals surface area contributed by atoms with Crippen molar-refractivity contribution in [2.75, 3.05) is 20.0 Å². The minimum atomic E-state index is -0.111. The van der Waals surface area contributed by atoms with Gasteiger partial charge < -0.3 is 9.47 Å². The van der Waals surface area contributed by atoms with Crippen molar-refractivity contribution in [2.45, 2.75) is 25.2 Å². The fraction of sp³-hybridized carbons (Fsp3) is 0.240. The van der Waals surface area contributed by atoms with Gasteiger partial charge in [0.05, 0.1) is 18.8 Å². The van der Waals surface area contributed by atoms with E-state index in [1.54, 1.807) is 11.7 Å². The number of nitrogens with zero attached hydrogens (tertiary/aromatic N) is 3. The zero-order valence-corrected chi connectivity index (χ0v) is 19.2. The summed E-state index contributed by atoms with van der Waals surface area (Å²) in [5, 5.41) is 1.49. The average Bonchev–Trinajstić information content (AvgIpc) is 2.82. The standard InChI is InChI=1S/C25H25N3O3S/c1-17-21-15-22(24(29)28(12-13-30-2)23(21)27-25(26-17)32-3)19-10-7-11-20(14-19)31-16-18-8-5-4-6-9-18/h4-11,14-15H,12-13,16H2,1-3H3. The van der Waals surface area contributed by atoms with E-state index in [1.807, 2.05) is 73.8 Å². The van der Waals surface area contributed by atoms with Crippen LogP contribution in [0.5, 0.6) is 5.75 Å². The molecule has 4 rings (SSSR count). The molecule has 0 unspecified atom stereocenters. The van der Waals surface area contributed by atoms with Gasteiger partial charge in [-0.25, -0.2) is 9.97 Å². The van der Waals surface area contributed by atoms with Crippen LogP contribution in [0.25, 0.3) is 22.2 Å². The van der Waals surface area contributed by atoms with Crippen molar-refractivity contribution in [3.05, 3.63) is 82.3 Å². The minimum Gasteiger partial charge on any atom is -0.489 e. The number of aryl methyl sites for hydroxylation is 1. The van der Waals surface area contributed by atoms with E-state index < -0.39 is 0 Å². The topological polar surface area (TPSA) is 66.2 Å². The second-order valence-corrected chi connectivity index (χ2v) is 8.12. The van der Waals surface area contributed by atoms with Gasteiger partial charge in [-0.15, -0.1) is 0 Å². The lowest BCUT2D eigenvalue weighted by Gasteiger charge is -2.14. The number of ether oxygens (including phenoxy) is 2. The number of rotatable bonds is 8. The van der Waals surface area contributed by atoms with Gasteiger partial charge in [0.15, 0.2) is 5.16 Å². The maximum atomic E-state index is 13.5. The molecule has 0 N–H and O–H groups in total. The predicted octanol–water partition coefficient (Wildman–Crippen LogP) is 4.71. The maximum Gasteiger partial charge on any atom is 0.260 e. The van der Waals surface area contributed by atoms with Crippen LogP contribution in [-0.4, -0.2) is 34.5 Å². The largest absolute Gasteiger partial charge is 0.489 e. The summed E-state index contributed by atoms with van der Waals surface area (Å²) in [4.78, 5) is 22.7. The van der Waals surface area contributed by atoms with E-state index in [2.05, 4.69) is 9.97 Å². The lowest BCUT2D eigenvalue weighted by atomic mass is 10.0. The third-order valence-corrected chi connectivity index (χ3v) is 5.76. The third kappa shape index (κ3) is 4.69. The van der Waals surface area contributed by atoms with Crippen molar-refractivity contribution in [1.82, 2.24) is 14.5 Å². The van der Waals surface area contributed by atoms with Gasteiger partial charge in [-0.2, -0.15) is 0 Å². The second kappa shape index (κ2) is 9.97. The van der Waals surface area contributed by atoms with E-state index in [0.29, 0.717) is 41.9 Å². The summed E-state index contributed by atoms with van der Waals surface area (Å²) >= 11 is 1.46. The summed E-state index contributed by atoms with van der Waals surface area (Å²) in [6.07, 6.45) is 1.92. The van der Waals surface area contributed by atoms with Crippen molar-refractivity contribution < 1.29 is 9.47 Å². The molecule has 2 aromatic heterocycles. The second-order valence-electron chi connectivity index (χ2n) is 7.34. The van der Waals surface area contributed by atoms with Gasteiger partial charge in [-0.05, 0) is 42.5 Å². The summed E-state index contributed by atoms with van der Waals surface area (Å²) in [7, 11) is 1.62. The van der Waals surface area contributed by atoms with Crippen molar-refractivity contribution in [3.8, 4) is 16.9 Å². The molecule has 0 radical (unpaired) electrons. The molecule has 0 saturated heterocycles. The van der Waals surface area contributed by atoms with Gasteiger partial charge in [0.1, 0.15) is 18.0 Å². The quantitative estimate of drug-likeness (QED) is 0.288. The first-order chi connectivity index (χ1) is 15.6. The monoisotopic (exact) mass is 447 g/mol. The first-order valence-electron chi connectivity index (χ1n) is 10.3. The molecule has 0 aliphatic rings. The number of hydrogen-bond acceptors (Lipinski definition) is 6. The maximum absolute atomic E-state index is 13.5. The molecule has 0 aliphatic carbocycles. The zero-order chi connectivity index (χ0) is 22.5. The zero-order valence-electron chi connectivity index (χ0n) is 18.4. The smallest absolute Gasteiger partial charge is 0.260 e. The number of hydrogen-bond donors (Lipinski definition) is 0. The Morgan fingerprint density at radius 3 is 2.59 bits per heavy atom. The first-order valence-corrected chi connectivity index (χ1v) is 11.6. The SMILES string of the molecule is COCCn1c(=O)c(-c2cccc(OCc3ccccc3)c2)cc2c(C)nc(SC)nc21. The molecular weight excluding hydrogens is 422 g/mol. The Hall–Kier alpha value is -3.16. The van der Waals surface area contributed by atoms with Gasteiger partial charge in [0.25, 0.3) is 5.56 Å². The summed E-state index contributed by atoms with van der Waals surface area (Å²) in [5.41, 5.74) is 3.82. The normalized spacial score (nSPS) is 11.1.